The van der Waals surface area contributed by atoms with Crippen molar-refractivity contribution in [1.29, 1.82) is 0 Å². The van der Waals surface area contributed by atoms with Gasteiger partial charge in [0, 0.05) is 21.3 Å². The minimum atomic E-state index is -0.0278. The van der Waals surface area contributed by atoms with Crippen molar-refractivity contribution in [3.63, 3.8) is 0 Å². The molecule has 1 aliphatic heterocycles. The van der Waals surface area contributed by atoms with Gasteiger partial charge in [0.2, 0.25) is 0 Å². The van der Waals surface area contributed by atoms with E-state index < -0.39 is 0 Å². The monoisotopic (exact) mass is 190 g/mol. The average Bonchev–Trinajstić information content (AvgIpc) is 2.41. The molecule has 1 saturated heterocycles. The van der Waals surface area contributed by atoms with Gasteiger partial charge in [0.25, 0.3) is 0 Å². The molecule has 0 aromatic heterocycles. The molecule has 0 spiro atoms. The smallest absolute Gasteiger partial charge is 0.114 e. The molecule has 1 heterocycles. The third kappa shape index (κ3) is 2.20. The van der Waals surface area contributed by atoms with Crippen LogP contribution in [-0.2, 0) is 18.9 Å². The summed E-state index contributed by atoms with van der Waals surface area (Å²) >= 11 is 0. The Bertz CT molecular complexity index is 151. The molecule has 0 aliphatic carbocycles. The van der Waals surface area contributed by atoms with E-state index in [0.29, 0.717) is 6.61 Å². The van der Waals surface area contributed by atoms with Gasteiger partial charge in [0.1, 0.15) is 18.3 Å². The van der Waals surface area contributed by atoms with E-state index in [1.165, 1.54) is 0 Å². The van der Waals surface area contributed by atoms with Crippen molar-refractivity contribution in [2.75, 3.05) is 27.9 Å². The fraction of sp³-hybridized carbons (Fsp3) is 1.00. The van der Waals surface area contributed by atoms with Crippen LogP contribution in [-0.4, -0.2) is 52.4 Å². The van der Waals surface area contributed by atoms with E-state index in [4.69, 9.17) is 18.9 Å². The van der Waals surface area contributed by atoms with E-state index in [0.717, 1.165) is 0 Å². The van der Waals surface area contributed by atoms with Crippen LogP contribution in [0.3, 0.4) is 0 Å². The number of hydrogen-bond donors (Lipinski definition) is 0. The van der Waals surface area contributed by atoms with Crippen molar-refractivity contribution in [2.45, 2.75) is 31.3 Å². The van der Waals surface area contributed by atoms with Gasteiger partial charge in [-0.3, -0.25) is 0 Å². The first kappa shape index (κ1) is 10.9. The molecule has 78 valence electrons. The summed E-state index contributed by atoms with van der Waals surface area (Å²) in [6.45, 7) is 2.53. The van der Waals surface area contributed by atoms with Crippen LogP contribution in [0.4, 0.5) is 0 Å². The fourth-order valence-electron chi connectivity index (χ4n) is 1.82. The Labute approximate surface area is 79.1 Å². The fourth-order valence-corrected chi connectivity index (χ4v) is 1.82. The number of hydrogen-bond acceptors (Lipinski definition) is 4. The molecule has 0 radical (unpaired) electrons. The number of ether oxygens (including phenoxy) is 4. The van der Waals surface area contributed by atoms with E-state index in [9.17, 15) is 0 Å². The Morgan fingerprint density at radius 2 is 1.69 bits per heavy atom. The normalized spacial score (nSPS) is 39.7. The Morgan fingerprint density at radius 1 is 1.08 bits per heavy atom. The number of rotatable bonds is 4. The molecule has 4 atom stereocenters. The van der Waals surface area contributed by atoms with Gasteiger partial charge >= 0.3 is 0 Å². The average molecular weight is 190 g/mol. The second kappa shape index (κ2) is 4.91. The van der Waals surface area contributed by atoms with E-state index in [1.807, 2.05) is 6.92 Å². The summed E-state index contributed by atoms with van der Waals surface area (Å²) in [6, 6.07) is 0. The van der Waals surface area contributed by atoms with E-state index in [1.54, 1.807) is 21.3 Å². The van der Waals surface area contributed by atoms with Crippen LogP contribution in [0.1, 0.15) is 6.92 Å². The van der Waals surface area contributed by atoms with Crippen molar-refractivity contribution in [3.8, 4) is 0 Å². The SMILES string of the molecule is COC[C@H]1O[C@@H](C)C(OC)C1OC. The first-order valence-electron chi connectivity index (χ1n) is 4.44. The van der Waals surface area contributed by atoms with Crippen LogP contribution >= 0.6 is 0 Å². The zero-order valence-electron chi connectivity index (χ0n) is 8.65. The topological polar surface area (TPSA) is 36.9 Å². The predicted molar refractivity (Wildman–Crippen MR) is 47.8 cm³/mol. The zero-order chi connectivity index (χ0) is 9.84. The van der Waals surface area contributed by atoms with Crippen molar-refractivity contribution in [3.05, 3.63) is 0 Å². The van der Waals surface area contributed by atoms with Crippen LogP contribution in [0.5, 0.6) is 0 Å². The van der Waals surface area contributed by atoms with Crippen molar-refractivity contribution >= 4 is 0 Å². The van der Waals surface area contributed by atoms with Gasteiger partial charge in [-0.25, -0.2) is 0 Å². The summed E-state index contributed by atoms with van der Waals surface area (Å²) < 4.78 is 21.3. The molecule has 13 heavy (non-hydrogen) atoms. The maximum Gasteiger partial charge on any atom is 0.114 e. The molecule has 0 aromatic rings. The minimum absolute atomic E-state index is 0.00477. The summed E-state index contributed by atoms with van der Waals surface area (Å²) in [5.41, 5.74) is 0. The van der Waals surface area contributed by atoms with Crippen LogP contribution in [0.25, 0.3) is 0 Å². The Kier molecular flexibility index (Phi) is 4.12. The van der Waals surface area contributed by atoms with Crippen molar-refractivity contribution < 1.29 is 18.9 Å². The van der Waals surface area contributed by atoms with Crippen molar-refractivity contribution in [2.24, 2.45) is 0 Å². The largest absolute Gasteiger partial charge is 0.382 e. The van der Waals surface area contributed by atoms with Gasteiger partial charge in [-0.1, -0.05) is 0 Å². The lowest BCUT2D eigenvalue weighted by Gasteiger charge is -2.20. The van der Waals surface area contributed by atoms with Gasteiger partial charge in [-0.2, -0.15) is 0 Å². The first-order chi connectivity index (χ1) is 6.24. The Morgan fingerprint density at radius 3 is 2.15 bits per heavy atom. The molecule has 1 aliphatic rings. The molecule has 0 bridgehead atoms. The maximum absolute atomic E-state index is 5.63. The molecule has 2 unspecified atom stereocenters. The highest BCUT2D eigenvalue weighted by Gasteiger charge is 2.42. The second-order valence-corrected chi connectivity index (χ2v) is 3.24. The standard InChI is InChI=1S/C9H18O4/c1-6-8(11-3)9(12-4)7(13-6)5-10-2/h6-9H,5H2,1-4H3/t6-,7+,8?,9?/m0/s1. The molecule has 0 N–H and O–H groups in total. The molecule has 1 fully saturated rings. The lowest BCUT2D eigenvalue weighted by Crippen LogP contribution is -2.37. The molecule has 0 saturated carbocycles. The molecular formula is C9H18O4. The molecule has 0 aromatic carbocycles. The number of methoxy groups -OCH3 is 3. The summed E-state index contributed by atoms with van der Waals surface area (Å²) in [6.07, 6.45) is 0.0233. The molecule has 4 heteroatoms. The van der Waals surface area contributed by atoms with Gasteiger partial charge in [-0.15, -0.1) is 0 Å². The minimum Gasteiger partial charge on any atom is -0.382 e. The van der Waals surface area contributed by atoms with Crippen molar-refractivity contribution in [1.82, 2.24) is 0 Å². The van der Waals surface area contributed by atoms with E-state index in [2.05, 4.69) is 0 Å². The molecule has 0 amide bonds. The third-order valence-corrected chi connectivity index (χ3v) is 2.42. The first-order valence-corrected chi connectivity index (χ1v) is 4.44. The van der Waals surface area contributed by atoms with Gasteiger partial charge in [0.15, 0.2) is 0 Å². The lowest BCUT2D eigenvalue weighted by molar-refractivity contribution is -0.0471. The highest BCUT2D eigenvalue weighted by molar-refractivity contribution is 4.90. The predicted octanol–water partition coefficient (Wildman–Crippen LogP) is 0.450. The Hall–Kier alpha value is -0.160. The van der Waals surface area contributed by atoms with E-state index >= 15 is 0 Å². The van der Waals surface area contributed by atoms with E-state index in [-0.39, 0.29) is 24.4 Å². The van der Waals surface area contributed by atoms with Gasteiger partial charge in [-0.05, 0) is 6.92 Å². The summed E-state index contributed by atoms with van der Waals surface area (Å²) in [5.74, 6) is 0. The van der Waals surface area contributed by atoms with Crippen LogP contribution < -0.4 is 0 Å². The molecule has 1 rings (SSSR count). The highest BCUT2D eigenvalue weighted by Crippen LogP contribution is 2.25. The Balaban J connectivity index is 2.57. The second-order valence-electron chi connectivity index (χ2n) is 3.24. The third-order valence-electron chi connectivity index (χ3n) is 2.42. The maximum atomic E-state index is 5.63. The van der Waals surface area contributed by atoms with Gasteiger partial charge < -0.3 is 18.9 Å². The highest BCUT2D eigenvalue weighted by atomic mass is 16.6. The quantitative estimate of drug-likeness (QED) is 0.645. The zero-order valence-corrected chi connectivity index (χ0v) is 8.65. The summed E-state index contributed by atoms with van der Waals surface area (Å²) in [7, 11) is 4.99. The van der Waals surface area contributed by atoms with Gasteiger partial charge in [0.05, 0.1) is 12.7 Å². The van der Waals surface area contributed by atoms with Crippen LogP contribution in [0.2, 0.25) is 0 Å². The lowest BCUT2D eigenvalue weighted by atomic mass is 10.1. The molecular weight excluding hydrogens is 172 g/mol. The molecule has 4 nitrogen and oxygen atoms in total. The summed E-state index contributed by atoms with van der Waals surface area (Å²) in [5, 5.41) is 0. The summed E-state index contributed by atoms with van der Waals surface area (Å²) in [4.78, 5) is 0. The van der Waals surface area contributed by atoms with Crippen LogP contribution in [0.15, 0.2) is 0 Å². The van der Waals surface area contributed by atoms with Crippen LogP contribution in [0, 0.1) is 0 Å².